The average Bonchev–Trinajstić information content (AvgIpc) is 3.02. The molecule has 23 heavy (non-hydrogen) atoms. The zero-order valence-electron chi connectivity index (χ0n) is 14.5. The predicted octanol–water partition coefficient (Wildman–Crippen LogP) is 4.15. The Bertz CT molecular complexity index is 547. The predicted molar refractivity (Wildman–Crippen MR) is 92.9 cm³/mol. The Morgan fingerprint density at radius 1 is 1.26 bits per heavy atom. The minimum absolute atomic E-state index is 0.360. The molecule has 0 saturated carbocycles. The van der Waals surface area contributed by atoms with E-state index < -0.39 is 0 Å². The Hall–Kier alpha value is -1.51. The first-order chi connectivity index (χ1) is 11.2. The molecule has 1 amide bonds. The second-order valence-electron chi connectivity index (χ2n) is 7.03. The number of carbonyl (C=O) groups is 1. The molecule has 1 atom stereocenters. The van der Waals surface area contributed by atoms with Gasteiger partial charge < -0.3 is 9.64 Å². The van der Waals surface area contributed by atoms with Crippen LogP contribution in [0.2, 0.25) is 0 Å². The van der Waals surface area contributed by atoms with Gasteiger partial charge >= 0.3 is 0 Å². The van der Waals surface area contributed by atoms with Crippen molar-refractivity contribution >= 4 is 5.91 Å². The molecular formula is C20H29NO2. The third-order valence-corrected chi connectivity index (χ3v) is 5.68. The van der Waals surface area contributed by atoms with Crippen molar-refractivity contribution in [2.75, 3.05) is 20.2 Å². The number of rotatable bonds is 5. The fraction of sp³-hybridized carbons (Fsp3) is 0.650. The lowest BCUT2D eigenvalue weighted by Crippen LogP contribution is -2.39. The molecule has 3 heteroatoms. The van der Waals surface area contributed by atoms with Gasteiger partial charge in [-0.3, -0.25) is 4.79 Å². The van der Waals surface area contributed by atoms with Gasteiger partial charge in [0.1, 0.15) is 5.75 Å². The molecule has 3 rings (SSSR count). The Morgan fingerprint density at radius 2 is 2.04 bits per heavy atom. The van der Waals surface area contributed by atoms with Crippen molar-refractivity contribution in [2.45, 2.75) is 57.8 Å². The van der Waals surface area contributed by atoms with Crippen molar-refractivity contribution in [3.8, 4) is 5.75 Å². The van der Waals surface area contributed by atoms with Crippen LogP contribution >= 0.6 is 0 Å². The maximum Gasteiger partial charge on any atom is 0.222 e. The lowest BCUT2D eigenvalue weighted by atomic mass is 9.81. The Labute approximate surface area is 140 Å². The highest BCUT2D eigenvalue weighted by atomic mass is 16.5. The molecular weight excluding hydrogens is 286 g/mol. The van der Waals surface area contributed by atoms with Gasteiger partial charge in [0.25, 0.3) is 0 Å². The van der Waals surface area contributed by atoms with E-state index in [1.54, 1.807) is 7.11 Å². The smallest absolute Gasteiger partial charge is 0.222 e. The number of hydrogen-bond acceptors (Lipinski definition) is 2. The van der Waals surface area contributed by atoms with Crippen LogP contribution in [-0.2, 0) is 11.2 Å². The van der Waals surface area contributed by atoms with Crippen LogP contribution in [0.25, 0.3) is 0 Å². The van der Waals surface area contributed by atoms with E-state index in [9.17, 15) is 4.79 Å². The molecule has 0 aromatic heterocycles. The second kappa shape index (κ2) is 7.37. The summed E-state index contributed by atoms with van der Waals surface area (Å²) < 4.78 is 5.41. The van der Waals surface area contributed by atoms with Gasteiger partial charge in [-0.05, 0) is 67.2 Å². The van der Waals surface area contributed by atoms with Gasteiger partial charge in [0.15, 0.2) is 0 Å². The van der Waals surface area contributed by atoms with Gasteiger partial charge in [0, 0.05) is 19.5 Å². The Morgan fingerprint density at radius 3 is 2.74 bits per heavy atom. The number of ether oxygens (including phenoxy) is 1. The number of piperidine rings is 1. The van der Waals surface area contributed by atoms with Crippen molar-refractivity contribution in [1.29, 1.82) is 0 Å². The quantitative estimate of drug-likeness (QED) is 0.817. The molecule has 1 fully saturated rings. The maximum absolute atomic E-state index is 12.2. The molecule has 1 aromatic carbocycles. The van der Waals surface area contributed by atoms with Gasteiger partial charge in [-0.2, -0.15) is 0 Å². The first-order valence-electron chi connectivity index (χ1n) is 9.17. The van der Waals surface area contributed by atoms with Gasteiger partial charge in [-0.25, -0.2) is 0 Å². The average molecular weight is 315 g/mol. The highest BCUT2D eigenvalue weighted by molar-refractivity contribution is 5.76. The number of hydrogen-bond donors (Lipinski definition) is 0. The van der Waals surface area contributed by atoms with Crippen molar-refractivity contribution in [2.24, 2.45) is 5.92 Å². The van der Waals surface area contributed by atoms with E-state index in [1.807, 2.05) is 0 Å². The number of aryl methyl sites for hydroxylation is 1. The van der Waals surface area contributed by atoms with Crippen LogP contribution in [0.1, 0.15) is 62.5 Å². The summed E-state index contributed by atoms with van der Waals surface area (Å²) in [4.78, 5) is 14.3. The SMILES string of the molecule is CCCCC(=O)N1CCC(C2CCc3ccc(OC)cc32)CC1. The third kappa shape index (κ3) is 3.54. The number of likely N-dealkylation sites (tertiary alicyclic amines) is 1. The Balaban J connectivity index is 1.60. The molecule has 0 radical (unpaired) electrons. The standard InChI is InChI=1S/C20H29NO2/c1-3-4-5-20(22)21-12-10-16(11-13-21)18-9-7-15-6-8-17(23-2)14-19(15)18/h6,8,14,16,18H,3-5,7,9-13H2,1-2H3. The zero-order valence-corrected chi connectivity index (χ0v) is 14.5. The van der Waals surface area contributed by atoms with Crippen molar-refractivity contribution in [3.05, 3.63) is 29.3 Å². The van der Waals surface area contributed by atoms with Crippen molar-refractivity contribution < 1.29 is 9.53 Å². The third-order valence-electron chi connectivity index (χ3n) is 5.68. The van der Waals surface area contributed by atoms with Crippen LogP contribution in [-0.4, -0.2) is 31.0 Å². The summed E-state index contributed by atoms with van der Waals surface area (Å²) in [5.74, 6) is 2.72. The molecule has 0 N–H and O–H groups in total. The van der Waals surface area contributed by atoms with Crippen LogP contribution in [0.4, 0.5) is 0 Å². The first kappa shape index (κ1) is 16.4. The number of fused-ring (bicyclic) bond motifs is 1. The lowest BCUT2D eigenvalue weighted by Gasteiger charge is -2.35. The molecule has 1 aliphatic heterocycles. The molecule has 3 nitrogen and oxygen atoms in total. The fourth-order valence-electron chi connectivity index (χ4n) is 4.27. The van der Waals surface area contributed by atoms with Gasteiger partial charge in [0.2, 0.25) is 5.91 Å². The second-order valence-corrected chi connectivity index (χ2v) is 7.03. The van der Waals surface area contributed by atoms with Gasteiger partial charge in [-0.15, -0.1) is 0 Å². The summed E-state index contributed by atoms with van der Waals surface area (Å²) in [5, 5.41) is 0. The normalized spacial score (nSPS) is 21.3. The van der Waals surface area contributed by atoms with Gasteiger partial charge in [0.05, 0.1) is 7.11 Å². The summed E-state index contributed by atoms with van der Waals surface area (Å²) in [7, 11) is 1.74. The fourth-order valence-corrected chi connectivity index (χ4v) is 4.27. The molecule has 1 heterocycles. The number of carbonyl (C=O) groups excluding carboxylic acids is 1. The molecule has 1 saturated heterocycles. The van der Waals surface area contributed by atoms with E-state index in [4.69, 9.17) is 4.74 Å². The molecule has 126 valence electrons. The van der Waals surface area contributed by atoms with E-state index in [1.165, 1.54) is 24.0 Å². The zero-order chi connectivity index (χ0) is 16.2. The number of unbranched alkanes of at least 4 members (excludes halogenated alkanes) is 1. The summed E-state index contributed by atoms with van der Waals surface area (Å²) in [6, 6.07) is 6.56. The molecule has 2 aliphatic rings. The molecule has 0 spiro atoms. The lowest BCUT2D eigenvalue weighted by molar-refractivity contribution is -0.132. The van der Waals surface area contributed by atoms with Crippen molar-refractivity contribution in [1.82, 2.24) is 4.90 Å². The number of nitrogens with zero attached hydrogens (tertiary/aromatic N) is 1. The van der Waals surface area contributed by atoms with E-state index >= 15 is 0 Å². The van der Waals surface area contributed by atoms with Crippen LogP contribution in [0.3, 0.4) is 0 Å². The minimum Gasteiger partial charge on any atom is -0.497 e. The molecule has 1 aliphatic carbocycles. The van der Waals surface area contributed by atoms with Crippen LogP contribution in [0.5, 0.6) is 5.75 Å². The van der Waals surface area contributed by atoms with E-state index in [0.29, 0.717) is 11.8 Å². The highest BCUT2D eigenvalue weighted by Crippen LogP contribution is 2.43. The van der Waals surface area contributed by atoms with Gasteiger partial charge in [-0.1, -0.05) is 19.4 Å². The van der Waals surface area contributed by atoms with E-state index in [2.05, 4.69) is 30.0 Å². The summed E-state index contributed by atoms with van der Waals surface area (Å²) in [5.41, 5.74) is 3.00. The molecule has 1 unspecified atom stereocenters. The topological polar surface area (TPSA) is 29.5 Å². The summed E-state index contributed by atoms with van der Waals surface area (Å²) in [6.07, 6.45) is 7.61. The first-order valence-corrected chi connectivity index (χ1v) is 9.17. The maximum atomic E-state index is 12.2. The van der Waals surface area contributed by atoms with E-state index in [-0.39, 0.29) is 0 Å². The van der Waals surface area contributed by atoms with E-state index in [0.717, 1.165) is 56.9 Å². The summed E-state index contributed by atoms with van der Waals surface area (Å²) in [6.45, 7) is 4.04. The highest BCUT2D eigenvalue weighted by Gasteiger charge is 2.33. The minimum atomic E-state index is 0.360. The summed E-state index contributed by atoms with van der Waals surface area (Å²) >= 11 is 0. The molecule has 1 aromatic rings. The van der Waals surface area contributed by atoms with Crippen LogP contribution in [0, 0.1) is 5.92 Å². The number of amides is 1. The largest absolute Gasteiger partial charge is 0.497 e. The van der Waals surface area contributed by atoms with Crippen molar-refractivity contribution in [3.63, 3.8) is 0 Å². The monoisotopic (exact) mass is 315 g/mol. The Kier molecular flexibility index (Phi) is 5.24. The van der Waals surface area contributed by atoms with Crippen LogP contribution < -0.4 is 4.74 Å². The van der Waals surface area contributed by atoms with Crippen LogP contribution in [0.15, 0.2) is 18.2 Å². The number of benzene rings is 1. The molecule has 0 bridgehead atoms. The number of methoxy groups -OCH3 is 1.